The number of halogens is 2. The van der Waals surface area contributed by atoms with Crippen molar-refractivity contribution in [3.8, 4) is 0 Å². The Hall–Kier alpha value is -1.13. The summed E-state index contributed by atoms with van der Waals surface area (Å²) in [6.45, 7) is 4.19. The molecular formula is C17H17Br2NO. The van der Waals surface area contributed by atoms with Gasteiger partial charge in [-0.05, 0) is 64.2 Å². The number of hydrogen-bond donors (Lipinski definition) is 1. The number of nitrogens with one attached hydrogen (secondary N) is 1. The van der Waals surface area contributed by atoms with Crippen LogP contribution in [0.15, 0.2) is 45.3 Å². The zero-order chi connectivity index (χ0) is 15.4. The van der Waals surface area contributed by atoms with E-state index in [4.69, 9.17) is 0 Å². The van der Waals surface area contributed by atoms with Crippen molar-refractivity contribution in [1.82, 2.24) is 0 Å². The Morgan fingerprint density at radius 1 is 1.05 bits per heavy atom. The average molecular weight is 411 g/mol. The molecule has 0 atom stereocenters. The van der Waals surface area contributed by atoms with Gasteiger partial charge in [0, 0.05) is 14.6 Å². The summed E-state index contributed by atoms with van der Waals surface area (Å²) in [6.07, 6.45) is 1.75. The molecule has 0 aliphatic rings. The Morgan fingerprint density at radius 3 is 2.14 bits per heavy atom. The lowest BCUT2D eigenvalue weighted by Crippen LogP contribution is -2.15. The molecule has 0 radical (unpaired) electrons. The third-order valence-corrected chi connectivity index (χ3v) is 4.53. The maximum absolute atomic E-state index is 12.5. The van der Waals surface area contributed by atoms with Gasteiger partial charge >= 0.3 is 0 Å². The molecule has 0 saturated heterocycles. The largest absolute Gasteiger partial charge is 0.321 e. The van der Waals surface area contributed by atoms with Gasteiger partial charge in [-0.15, -0.1) is 0 Å². The third kappa shape index (κ3) is 3.74. The SMILES string of the molecule is CCc1cc(Br)cc(CC)c1NC(=O)c1ccccc1Br. The van der Waals surface area contributed by atoms with Gasteiger partial charge in [0.2, 0.25) is 0 Å². The minimum atomic E-state index is -0.0887. The minimum Gasteiger partial charge on any atom is -0.321 e. The van der Waals surface area contributed by atoms with Crippen molar-refractivity contribution in [3.63, 3.8) is 0 Å². The van der Waals surface area contributed by atoms with E-state index in [0.717, 1.165) is 38.6 Å². The molecule has 2 aromatic rings. The smallest absolute Gasteiger partial charge is 0.256 e. The molecule has 0 aliphatic carbocycles. The molecule has 2 nitrogen and oxygen atoms in total. The third-order valence-electron chi connectivity index (χ3n) is 3.39. The fraction of sp³-hybridized carbons (Fsp3) is 0.235. The fourth-order valence-corrected chi connectivity index (χ4v) is 3.29. The van der Waals surface area contributed by atoms with Crippen LogP contribution in [0, 0.1) is 0 Å². The van der Waals surface area contributed by atoms with Crippen molar-refractivity contribution in [2.24, 2.45) is 0 Å². The van der Waals surface area contributed by atoms with Gasteiger partial charge in [-0.2, -0.15) is 0 Å². The highest BCUT2D eigenvalue weighted by molar-refractivity contribution is 9.10. The summed E-state index contributed by atoms with van der Waals surface area (Å²) in [6, 6.07) is 11.6. The summed E-state index contributed by atoms with van der Waals surface area (Å²) in [5.41, 5.74) is 3.86. The molecule has 0 spiro atoms. The molecule has 0 unspecified atom stereocenters. The van der Waals surface area contributed by atoms with Crippen LogP contribution in [0.3, 0.4) is 0 Å². The normalized spacial score (nSPS) is 10.5. The number of hydrogen-bond acceptors (Lipinski definition) is 1. The molecule has 1 N–H and O–H groups in total. The number of carbonyl (C=O) groups excluding carboxylic acids is 1. The molecule has 110 valence electrons. The lowest BCUT2D eigenvalue weighted by molar-refractivity contribution is 0.102. The summed E-state index contributed by atoms with van der Waals surface area (Å²) >= 11 is 6.96. The van der Waals surface area contributed by atoms with Gasteiger partial charge in [0.15, 0.2) is 0 Å². The van der Waals surface area contributed by atoms with Crippen LogP contribution in [0.1, 0.15) is 35.3 Å². The average Bonchev–Trinajstić information content (AvgIpc) is 2.48. The van der Waals surface area contributed by atoms with E-state index in [9.17, 15) is 4.79 Å². The van der Waals surface area contributed by atoms with E-state index in [0.29, 0.717) is 5.56 Å². The lowest BCUT2D eigenvalue weighted by atomic mass is 10.0. The molecule has 0 heterocycles. The Labute approximate surface area is 142 Å². The van der Waals surface area contributed by atoms with Gasteiger partial charge < -0.3 is 5.32 Å². The van der Waals surface area contributed by atoms with Crippen LogP contribution >= 0.6 is 31.9 Å². The van der Waals surface area contributed by atoms with Gasteiger partial charge in [0.25, 0.3) is 5.91 Å². The molecule has 2 rings (SSSR count). The zero-order valence-electron chi connectivity index (χ0n) is 12.0. The maximum Gasteiger partial charge on any atom is 0.256 e. The second-order valence-electron chi connectivity index (χ2n) is 4.74. The highest BCUT2D eigenvalue weighted by atomic mass is 79.9. The number of carbonyl (C=O) groups is 1. The van der Waals surface area contributed by atoms with Crippen LogP contribution in [0.5, 0.6) is 0 Å². The molecule has 0 saturated carbocycles. The minimum absolute atomic E-state index is 0.0887. The molecule has 0 bridgehead atoms. The first kappa shape index (κ1) is 16.2. The summed E-state index contributed by atoms with van der Waals surface area (Å²) in [4.78, 5) is 12.5. The first-order valence-corrected chi connectivity index (χ1v) is 8.52. The first-order valence-electron chi connectivity index (χ1n) is 6.94. The van der Waals surface area contributed by atoms with Crippen molar-refractivity contribution >= 4 is 43.5 Å². The van der Waals surface area contributed by atoms with Crippen molar-refractivity contribution in [1.29, 1.82) is 0 Å². The van der Waals surface area contributed by atoms with Crippen LogP contribution < -0.4 is 5.32 Å². The molecular weight excluding hydrogens is 394 g/mol. The summed E-state index contributed by atoms with van der Waals surface area (Å²) in [5, 5.41) is 3.08. The Bertz CT molecular complexity index is 643. The van der Waals surface area contributed by atoms with Gasteiger partial charge in [0.05, 0.1) is 5.56 Å². The van der Waals surface area contributed by atoms with Crippen LogP contribution in [-0.2, 0) is 12.8 Å². The number of rotatable bonds is 4. The predicted molar refractivity (Wildman–Crippen MR) is 95.0 cm³/mol. The van der Waals surface area contributed by atoms with Crippen LogP contribution in [0.2, 0.25) is 0 Å². The van der Waals surface area contributed by atoms with Crippen LogP contribution in [0.4, 0.5) is 5.69 Å². The zero-order valence-corrected chi connectivity index (χ0v) is 15.2. The van der Waals surface area contributed by atoms with Crippen LogP contribution in [-0.4, -0.2) is 5.91 Å². The fourth-order valence-electron chi connectivity index (χ4n) is 2.27. The number of amides is 1. The lowest BCUT2D eigenvalue weighted by Gasteiger charge is -2.16. The van der Waals surface area contributed by atoms with E-state index in [1.54, 1.807) is 0 Å². The quantitative estimate of drug-likeness (QED) is 0.699. The van der Waals surface area contributed by atoms with Gasteiger partial charge in [-0.25, -0.2) is 0 Å². The highest BCUT2D eigenvalue weighted by Crippen LogP contribution is 2.28. The summed E-state index contributed by atoms with van der Waals surface area (Å²) < 4.78 is 1.85. The molecule has 0 aromatic heterocycles. The van der Waals surface area contributed by atoms with E-state index in [1.807, 2.05) is 24.3 Å². The number of benzene rings is 2. The number of anilines is 1. The monoisotopic (exact) mass is 409 g/mol. The van der Waals surface area contributed by atoms with Crippen molar-refractivity contribution in [2.75, 3.05) is 5.32 Å². The molecule has 4 heteroatoms. The van der Waals surface area contributed by atoms with Gasteiger partial charge in [0.1, 0.15) is 0 Å². The van der Waals surface area contributed by atoms with E-state index >= 15 is 0 Å². The highest BCUT2D eigenvalue weighted by Gasteiger charge is 2.14. The van der Waals surface area contributed by atoms with E-state index in [2.05, 4.69) is 63.2 Å². The summed E-state index contributed by atoms with van der Waals surface area (Å²) in [5.74, 6) is -0.0887. The standard InChI is InChI=1S/C17H17Br2NO/c1-3-11-9-13(18)10-12(4-2)16(11)20-17(21)14-7-5-6-8-15(14)19/h5-10H,3-4H2,1-2H3,(H,20,21). The van der Waals surface area contributed by atoms with Crippen LogP contribution in [0.25, 0.3) is 0 Å². The molecule has 0 aliphatic heterocycles. The van der Waals surface area contributed by atoms with Gasteiger partial charge in [-0.1, -0.05) is 41.9 Å². The summed E-state index contributed by atoms with van der Waals surface area (Å²) in [7, 11) is 0. The van der Waals surface area contributed by atoms with E-state index < -0.39 is 0 Å². The second-order valence-corrected chi connectivity index (χ2v) is 6.51. The Kier molecular flexibility index (Phi) is 5.59. The second kappa shape index (κ2) is 7.23. The molecule has 2 aromatic carbocycles. The maximum atomic E-state index is 12.5. The van der Waals surface area contributed by atoms with Crippen molar-refractivity contribution < 1.29 is 4.79 Å². The molecule has 1 amide bonds. The van der Waals surface area contributed by atoms with E-state index in [1.165, 1.54) is 0 Å². The number of aryl methyl sites for hydroxylation is 2. The topological polar surface area (TPSA) is 29.1 Å². The van der Waals surface area contributed by atoms with Crippen molar-refractivity contribution in [2.45, 2.75) is 26.7 Å². The molecule has 0 fully saturated rings. The molecule has 21 heavy (non-hydrogen) atoms. The van der Waals surface area contributed by atoms with Gasteiger partial charge in [-0.3, -0.25) is 4.79 Å². The van der Waals surface area contributed by atoms with Crippen molar-refractivity contribution in [3.05, 3.63) is 62.0 Å². The predicted octanol–water partition coefficient (Wildman–Crippen LogP) is 5.59. The van der Waals surface area contributed by atoms with E-state index in [-0.39, 0.29) is 5.91 Å². The Balaban J connectivity index is 2.39. The Morgan fingerprint density at radius 2 is 1.62 bits per heavy atom. The first-order chi connectivity index (χ1) is 10.1.